The maximum Gasteiger partial charge on any atom is 0.317 e. The van der Waals surface area contributed by atoms with E-state index in [1.54, 1.807) is 7.05 Å². The molecule has 0 fully saturated rings. The summed E-state index contributed by atoms with van der Waals surface area (Å²) >= 11 is 0. The highest BCUT2D eigenvalue weighted by Crippen LogP contribution is 1.99. The van der Waals surface area contributed by atoms with Gasteiger partial charge in [-0.25, -0.2) is 4.79 Å². The molecule has 0 saturated carbocycles. The second kappa shape index (κ2) is 6.93. The van der Waals surface area contributed by atoms with Crippen molar-refractivity contribution in [2.24, 2.45) is 0 Å². The van der Waals surface area contributed by atoms with Crippen molar-refractivity contribution in [2.75, 3.05) is 13.6 Å². The van der Waals surface area contributed by atoms with Crippen molar-refractivity contribution in [2.45, 2.75) is 32.9 Å². The monoisotopic (exact) mass is 277 g/mol. The van der Waals surface area contributed by atoms with Gasteiger partial charge in [-0.05, 0) is 26.3 Å². The van der Waals surface area contributed by atoms with E-state index in [4.69, 9.17) is 0 Å². The van der Waals surface area contributed by atoms with Crippen molar-refractivity contribution >= 4 is 11.9 Å². The molecule has 1 aromatic carbocycles. The van der Waals surface area contributed by atoms with Gasteiger partial charge in [0.25, 0.3) is 0 Å². The molecular weight excluding hydrogens is 254 g/mol. The molecule has 0 heterocycles. The van der Waals surface area contributed by atoms with E-state index in [0.717, 1.165) is 5.56 Å². The molecule has 0 spiro atoms. The molecule has 0 radical (unpaired) electrons. The Kier molecular flexibility index (Phi) is 5.55. The molecule has 110 valence electrons. The molecule has 5 nitrogen and oxygen atoms in total. The fourth-order valence-electron chi connectivity index (χ4n) is 1.65. The molecule has 0 aliphatic rings. The van der Waals surface area contributed by atoms with Crippen LogP contribution >= 0.6 is 0 Å². The van der Waals surface area contributed by atoms with Crippen molar-refractivity contribution in [3.8, 4) is 0 Å². The van der Waals surface area contributed by atoms with Gasteiger partial charge in [0.05, 0.1) is 0 Å². The van der Waals surface area contributed by atoms with E-state index in [2.05, 4.69) is 10.6 Å². The van der Waals surface area contributed by atoms with Crippen molar-refractivity contribution in [1.82, 2.24) is 15.5 Å². The molecule has 0 aliphatic heterocycles. The summed E-state index contributed by atoms with van der Waals surface area (Å²) in [6, 6.07) is 9.37. The average molecular weight is 277 g/mol. The summed E-state index contributed by atoms with van der Waals surface area (Å²) in [5.74, 6) is -0.171. The summed E-state index contributed by atoms with van der Waals surface area (Å²) in [4.78, 5) is 24.9. The van der Waals surface area contributed by atoms with Gasteiger partial charge < -0.3 is 15.5 Å². The summed E-state index contributed by atoms with van der Waals surface area (Å²) in [7, 11) is 1.60. The van der Waals surface area contributed by atoms with Gasteiger partial charge in [0.2, 0.25) is 5.91 Å². The molecule has 0 bridgehead atoms. The number of urea groups is 1. The van der Waals surface area contributed by atoms with Crippen LogP contribution in [0.5, 0.6) is 0 Å². The van der Waals surface area contributed by atoms with Crippen LogP contribution in [0.2, 0.25) is 0 Å². The predicted octanol–water partition coefficient (Wildman–Crippen LogP) is 1.74. The zero-order chi connectivity index (χ0) is 15.2. The Balaban J connectivity index is 2.38. The zero-order valence-electron chi connectivity index (χ0n) is 12.6. The van der Waals surface area contributed by atoms with Crippen molar-refractivity contribution in [3.05, 3.63) is 35.9 Å². The summed E-state index contributed by atoms with van der Waals surface area (Å²) in [6.45, 7) is 6.20. The lowest BCUT2D eigenvalue weighted by Crippen LogP contribution is -2.48. The molecule has 1 aromatic rings. The number of carbonyl (C=O) groups is 2. The minimum atomic E-state index is -0.293. The standard InChI is InChI=1S/C15H23N3O2/c1-15(2,3)17-13(19)11-18(4)14(20)16-10-12-8-6-5-7-9-12/h5-9H,10-11H2,1-4H3,(H,16,20)(H,17,19). The fourth-order valence-corrected chi connectivity index (χ4v) is 1.65. The van der Waals surface area contributed by atoms with Crippen molar-refractivity contribution in [3.63, 3.8) is 0 Å². The van der Waals surface area contributed by atoms with Gasteiger partial charge in [-0.1, -0.05) is 30.3 Å². The second-order valence-corrected chi connectivity index (χ2v) is 5.80. The molecule has 0 aromatic heterocycles. The number of nitrogens with one attached hydrogen (secondary N) is 2. The van der Waals surface area contributed by atoms with E-state index < -0.39 is 0 Å². The molecule has 0 unspecified atom stereocenters. The van der Waals surface area contributed by atoms with E-state index in [1.807, 2.05) is 51.1 Å². The Morgan fingerprint density at radius 2 is 1.75 bits per heavy atom. The van der Waals surface area contributed by atoms with E-state index in [0.29, 0.717) is 6.54 Å². The Morgan fingerprint density at radius 3 is 2.30 bits per heavy atom. The largest absolute Gasteiger partial charge is 0.350 e. The van der Waals surface area contributed by atoms with Gasteiger partial charge in [-0.2, -0.15) is 0 Å². The van der Waals surface area contributed by atoms with Gasteiger partial charge in [-0.15, -0.1) is 0 Å². The molecule has 3 amide bonds. The highest BCUT2D eigenvalue weighted by molar-refractivity contribution is 5.84. The second-order valence-electron chi connectivity index (χ2n) is 5.80. The first-order valence-corrected chi connectivity index (χ1v) is 6.62. The average Bonchev–Trinajstić information content (AvgIpc) is 2.34. The van der Waals surface area contributed by atoms with Gasteiger partial charge in [0.15, 0.2) is 0 Å². The van der Waals surface area contributed by atoms with Crippen LogP contribution < -0.4 is 10.6 Å². The van der Waals surface area contributed by atoms with Crippen LogP contribution in [0.25, 0.3) is 0 Å². The smallest absolute Gasteiger partial charge is 0.317 e. The summed E-state index contributed by atoms with van der Waals surface area (Å²) in [5.41, 5.74) is 0.728. The van der Waals surface area contributed by atoms with Crippen LogP contribution in [0.3, 0.4) is 0 Å². The number of rotatable bonds is 4. The predicted molar refractivity (Wildman–Crippen MR) is 79.2 cm³/mol. The number of hydrogen-bond donors (Lipinski definition) is 2. The molecule has 0 atom stereocenters. The molecule has 0 aliphatic carbocycles. The third-order valence-corrected chi connectivity index (χ3v) is 2.53. The molecule has 20 heavy (non-hydrogen) atoms. The van der Waals surface area contributed by atoms with Gasteiger partial charge in [0.1, 0.15) is 6.54 Å². The van der Waals surface area contributed by atoms with E-state index in [1.165, 1.54) is 4.90 Å². The van der Waals surface area contributed by atoms with E-state index in [9.17, 15) is 9.59 Å². The van der Waals surface area contributed by atoms with Crippen LogP contribution in [0, 0.1) is 0 Å². The summed E-state index contributed by atoms with van der Waals surface area (Å²) in [6.07, 6.45) is 0. The maximum absolute atomic E-state index is 11.9. The van der Waals surface area contributed by atoms with E-state index in [-0.39, 0.29) is 24.0 Å². The quantitative estimate of drug-likeness (QED) is 0.880. The topological polar surface area (TPSA) is 61.4 Å². The molecule has 5 heteroatoms. The Morgan fingerprint density at radius 1 is 1.15 bits per heavy atom. The summed E-state index contributed by atoms with van der Waals surface area (Å²) in [5, 5.41) is 5.59. The first-order chi connectivity index (χ1) is 9.28. The Hall–Kier alpha value is -2.04. The number of hydrogen-bond acceptors (Lipinski definition) is 2. The fraction of sp³-hybridized carbons (Fsp3) is 0.467. The first kappa shape index (κ1) is 16.0. The molecule has 1 rings (SSSR count). The lowest BCUT2D eigenvalue weighted by atomic mass is 10.1. The number of benzene rings is 1. The van der Waals surface area contributed by atoms with Gasteiger partial charge >= 0.3 is 6.03 Å². The Labute approximate surface area is 120 Å². The number of nitrogens with zero attached hydrogens (tertiary/aromatic N) is 1. The van der Waals surface area contributed by atoms with Gasteiger partial charge in [0, 0.05) is 19.1 Å². The van der Waals surface area contributed by atoms with Crippen molar-refractivity contribution < 1.29 is 9.59 Å². The van der Waals surface area contributed by atoms with Gasteiger partial charge in [-0.3, -0.25) is 4.79 Å². The van der Waals surface area contributed by atoms with Crippen LogP contribution in [0.1, 0.15) is 26.3 Å². The molecule has 2 N–H and O–H groups in total. The minimum Gasteiger partial charge on any atom is -0.350 e. The third-order valence-electron chi connectivity index (χ3n) is 2.53. The van der Waals surface area contributed by atoms with Crippen molar-refractivity contribution in [1.29, 1.82) is 0 Å². The van der Waals surface area contributed by atoms with E-state index >= 15 is 0 Å². The highest BCUT2D eigenvalue weighted by atomic mass is 16.2. The van der Waals surface area contributed by atoms with Crippen LogP contribution in [0.15, 0.2) is 30.3 Å². The minimum absolute atomic E-state index is 0.0396. The normalized spacial score (nSPS) is 10.8. The Bertz CT molecular complexity index is 452. The SMILES string of the molecule is CN(CC(=O)NC(C)(C)C)C(=O)NCc1ccccc1. The third kappa shape index (κ3) is 6.22. The highest BCUT2D eigenvalue weighted by Gasteiger charge is 2.17. The summed E-state index contributed by atoms with van der Waals surface area (Å²) < 4.78 is 0. The first-order valence-electron chi connectivity index (χ1n) is 6.62. The van der Waals surface area contributed by atoms with Crippen LogP contribution in [-0.2, 0) is 11.3 Å². The molecular formula is C15H23N3O2. The lowest BCUT2D eigenvalue weighted by Gasteiger charge is -2.23. The zero-order valence-corrected chi connectivity index (χ0v) is 12.6. The van der Waals surface area contributed by atoms with Crippen LogP contribution in [0.4, 0.5) is 4.79 Å². The number of carbonyl (C=O) groups excluding carboxylic acids is 2. The number of amides is 3. The lowest BCUT2D eigenvalue weighted by molar-refractivity contribution is -0.122. The van der Waals surface area contributed by atoms with Crippen LogP contribution in [-0.4, -0.2) is 36.0 Å². The molecule has 0 saturated heterocycles. The maximum atomic E-state index is 11.9. The number of likely N-dealkylation sites (N-methyl/N-ethyl adjacent to an activating group) is 1.